The number of halogens is 1. The van der Waals surface area contributed by atoms with Crippen LogP contribution in [-0.2, 0) is 23.9 Å². The molecule has 1 saturated heterocycles. The normalized spacial score (nSPS) is 21.9. The smallest absolute Gasteiger partial charge is 0.329 e. The van der Waals surface area contributed by atoms with Crippen molar-refractivity contribution in [3.63, 3.8) is 0 Å². The molecule has 2 aliphatic rings. The molecule has 0 radical (unpaired) electrons. The molecule has 1 aliphatic heterocycles. The van der Waals surface area contributed by atoms with E-state index in [1.807, 2.05) is 6.26 Å². The SMILES string of the molecule is CSCC[C@@H](C(=O)OCC(=O)Nc1cccc(Cl)c1)N1C(=O)[C@H]2CCCC[C@H]2C1=O. The van der Waals surface area contributed by atoms with E-state index in [4.69, 9.17) is 16.3 Å². The van der Waals surface area contributed by atoms with Gasteiger partial charge < -0.3 is 10.1 Å². The molecule has 2 fully saturated rings. The van der Waals surface area contributed by atoms with E-state index < -0.39 is 24.5 Å². The van der Waals surface area contributed by atoms with Gasteiger partial charge in [-0.25, -0.2) is 4.79 Å². The molecular weight excluding hydrogens is 428 g/mol. The van der Waals surface area contributed by atoms with E-state index in [2.05, 4.69) is 5.32 Å². The Morgan fingerprint density at radius 2 is 1.90 bits per heavy atom. The monoisotopic (exact) mass is 452 g/mol. The minimum absolute atomic E-state index is 0.281. The van der Waals surface area contributed by atoms with Crippen molar-refractivity contribution >= 4 is 52.7 Å². The number of anilines is 1. The van der Waals surface area contributed by atoms with Crippen LogP contribution in [0.3, 0.4) is 0 Å². The van der Waals surface area contributed by atoms with Gasteiger partial charge in [0.05, 0.1) is 11.8 Å². The van der Waals surface area contributed by atoms with Gasteiger partial charge in [-0.1, -0.05) is 30.5 Å². The molecule has 3 atom stereocenters. The Hall–Kier alpha value is -2.06. The van der Waals surface area contributed by atoms with E-state index in [9.17, 15) is 19.2 Å². The largest absolute Gasteiger partial charge is 0.454 e. The summed E-state index contributed by atoms with van der Waals surface area (Å²) < 4.78 is 5.19. The van der Waals surface area contributed by atoms with E-state index in [1.165, 1.54) is 11.8 Å². The van der Waals surface area contributed by atoms with Gasteiger partial charge in [0.2, 0.25) is 11.8 Å². The molecule has 1 N–H and O–H groups in total. The fourth-order valence-corrected chi connectivity index (χ4v) is 4.72. The second-order valence-electron chi connectivity index (χ2n) is 7.51. The zero-order valence-electron chi connectivity index (χ0n) is 16.8. The van der Waals surface area contributed by atoms with Crippen LogP contribution in [0.4, 0.5) is 5.69 Å². The number of likely N-dealkylation sites (tertiary alicyclic amines) is 1. The first kappa shape index (κ1) is 22.6. The van der Waals surface area contributed by atoms with Gasteiger partial charge in [-0.15, -0.1) is 0 Å². The summed E-state index contributed by atoms with van der Waals surface area (Å²) in [5.74, 6) is -1.90. The Bertz CT molecular complexity index is 809. The van der Waals surface area contributed by atoms with Crippen LogP contribution in [-0.4, -0.2) is 53.2 Å². The molecule has 7 nitrogen and oxygen atoms in total. The number of ether oxygens (including phenoxy) is 1. The number of thioether (sulfide) groups is 1. The number of rotatable bonds is 8. The minimum atomic E-state index is -0.998. The number of hydrogen-bond acceptors (Lipinski definition) is 6. The summed E-state index contributed by atoms with van der Waals surface area (Å²) in [6.07, 6.45) is 5.37. The number of benzene rings is 1. The van der Waals surface area contributed by atoms with Gasteiger partial charge in [0.15, 0.2) is 6.61 Å². The molecule has 0 unspecified atom stereocenters. The molecule has 1 heterocycles. The summed E-state index contributed by atoms with van der Waals surface area (Å²) in [4.78, 5) is 51.7. The van der Waals surface area contributed by atoms with E-state index >= 15 is 0 Å². The van der Waals surface area contributed by atoms with Crippen molar-refractivity contribution in [2.45, 2.75) is 38.1 Å². The van der Waals surface area contributed by atoms with Crippen molar-refractivity contribution in [3.05, 3.63) is 29.3 Å². The summed E-state index contributed by atoms with van der Waals surface area (Å²) in [5, 5.41) is 3.06. The molecule has 162 valence electrons. The third kappa shape index (κ3) is 5.16. The highest BCUT2D eigenvalue weighted by molar-refractivity contribution is 7.98. The number of hydrogen-bond donors (Lipinski definition) is 1. The zero-order chi connectivity index (χ0) is 21.7. The molecule has 1 saturated carbocycles. The van der Waals surface area contributed by atoms with Crippen molar-refractivity contribution in [1.29, 1.82) is 0 Å². The number of carbonyl (C=O) groups excluding carboxylic acids is 4. The first-order valence-electron chi connectivity index (χ1n) is 10.00. The highest BCUT2D eigenvalue weighted by Gasteiger charge is 2.52. The fourth-order valence-electron chi connectivity index (χ4n) is 4.07. The Morgan fingerprint density at radius 1 is 1.23 bits per heavy atom. The van der Waals surface area contributed by atoms with Crippen LogP contribution in [0, 0.1) is 11.8 Å². The van der Waals surface area contributed by atoms with Gasteiger partial charge in [0.1, 0.15) is 6.04 Å². The quantitative estimate of drug-likeness (QED) is 0.481. The van der Waals surface area contributed by atoms with Gasteiger partial charge in [-0.3, -0.25) is 19.3 Å². The van der Waals surface area contributed by atoms with Crippen molar-refractivity contribution in [2.24, 2.45) is 11.8 Å². The number of nitrogens with one attached hydrogen (secondary N) is 1. The third-order valence-corrected chi connectivity index (χ3v) is 6.39. The van der Waals surface area contributed by atoms with Crippen LogP contribution in [0.5, 0.6) is 0 Å². The predicted octanol–water partition coefficient (Wildman–Crippen LogP) is 3.12. The highest BCUT2D eigenvalue weighted by Crippen LogP contribution is 2.39. The van der Waals surface area contributed by atoms with Gasteiger partial charge in [0, 0.05) is 10.7 Å². The fraction of sp³-hybridized carbons (Fsp3) is 0.524. The lowest BCUT2D eigenvalue weighted by Crippen LogP contribution is -2.47. The molecule has 30 heavy (non-hydrogen) atoms. The Kier molecular flexibility index (Phi) is 7.77. The average molecular weight is 453 g/mol. The minimum Gasteiger partial charge on any atom is -0.454 e. The first-order chi connectivity index (χ1) is 14.4. The first-order valence-corrected chi connectivity index (χ1v) is 11.8. The van der Waals surface area contributed by atoms with Crippen molar-refractivity contribution in [2.75, 3.05) is 23.9 Å². The average Bonchev–Trinajstić information content (AvgIpc) is 2.98. The number of imide groups is 1. The van der Waals surface area contributed by atoms with Gasteiger partial charge >= 0.3 is 5.97 Å². The van der Waals surface area contributed by atoms with Crippen molar-refractivity contribution in [1.82, 2.24) is 4.90 Å². The number of fused-ring (bicyclic) bond motifs is 1. The summed E-state index contributed by atoms with van der Waals surface area (Å²) in [7, 11) is 0. The van der Waals surface area contributed by atoms with Crippen LogP contribution >= 0.6 is 23.4 Å². The van der Waals surface area contributed by atoms with Crippen molar-refractivity contribution < 1.29 is 23.9 Å². The maximum absolute atomic E-state index is 12.9. The number of esters is 1. The van der Waals surface area contributed by atoms with E-state index in [0.29, 0.717) is 35.7 Å². The number of nitrogens with zero attached hydrogens (tertiary/aromatic N) is 1. The topological polar surface area (TPSA) is 92.8 Å². The molecule has 0 spiro atoms. The molecule has 0 aromatic heterocycles. The molecule has 1 aliphatic carbocycles. The molecule has 1 aromatic rings. The van der Waals surface area contributed by atoms with E-state index in [0.717, 1.165) is 17.7 Å². The van der Waals surface area contributed by atoms with E-state index in [-0.39, 0.29) is 23.7 Å². The van der Waals surface area contributed by atoms with Crippen LogP contribution < -0.4 is 5.32 Å². The molecule has 3 amide bonds. The van der Waals surface area contributed by atoms with Crippen LogP contribution in [0.1, 0.15) is 32.1 Å². The second-order valence-corrected chi connectivity index (χ2v) is 8.93. The lowest BCUT2D eigenvalue weighted by atomic mass is 9.81. The molecule has 3 rings (SSSR count). The second kappa shape index (κ2) is 10.3. The lowest BCUT2D eigenvalue weighted by molar-refractivity contribution is -0.160. The Morgan fingerprint density at radius 3 is 2.50 bits per heavy atom. The van der Waals surface area contributed by atoms with Crippen molar-refractivity contribution in [3.8, 4) is 0 Å². The summed E-state index contributed by atoms with van der Waals surface area (Å²) in [6.45, 7) is -0.510. The molecule has 1 aromatic carbocycles. The predicted molar refractivity (Wildman–Crippen MR) is 115 cm³/mol. The molecule has 9 heteroatoms. The standard InChI is InChI=1S/C21H25ClN2O5S/c1-30-10-9-17(24-19(26)15-7-2-3-8-16(15)20(24)27)21(28)29-12-18(25)23-14-6-4-5-13(22)11-14/h4-6,11,15-17H,2-3,7-10,12H2,1H3,(H,23,25)/t15-,16+,17-/m0/s1. The van der Waals surface area contributed by atoms with Crippen LogP contribution in [0.2, 0.25) is 5.02 Å². The zero-order valence-corrected chi connectivity index (χ0v) is 18.3. The third-order valence-electron chi connectivity index (χ3n) is 5.51. The van der Waals surface area contributed by atoms with Crippen LogP contribution in [0.25, 0.3) is 0 Å². The van der Waals surface area contributed by atoms with E-state index in [1.54, 1.807) is 24.3 Å². The maximum Gasteiger partial charge on any atom is 0.329 e. The number of amides is 3. The lowest BCUT2D eigenvalue weighted by Gasteiger charge is -2.25. The highest BCUT2D eigenvalue weighted by atomic mass is 35.5. The molecule has 0 bridgehead atoms. The Balaban J connectivity index is 1.64. The number of carbonyl (C=O) groups is 4. The van der Waals surface area contributed by atoms with Gasteiger partial charge in [-0.05, 0) is 49.5 Å². The van der Waals surface area contributed by atoms with Gasteiger partial charge in [-0.2, -0.15) is 11.8 Å². The summed E-state index contributed by atoms with van der Waals surface area (Å²) in [5.41, 5.74) is 0.483. The van der Waals surface area contributed by atoms with Crippen LogP contribution in [0.15, 0.2) is 24.3 Å². The van der Waals surface area contributed by atoms with Gasteiger partial charge in [0.25, 0.3) is 5.91 Å². The summed E-state index contributed by atoms with van der Waals surface area (Å²) in [6, 6.07) is 5.60. The summed E-state index contributed by atoms with van der Waals surface area (Å²) >= 11 is 7.40. The maximum atomic E-state index is 12.9. The Labute approximate surface area is 184 Å². The molecular formula is C21H25ClN2O5S.